The Morgan fingerprint density at radius 1 is 0.952 bits per heavy atom. The summed E-state index contributed by atoms with van der Waals surface area (Å²) < 4.78 is 5.44. The second-order valence-electron chi connectivity index (χ2n) is 12.0. The van der Waals surface area contributed by atoms with E-state index in [1.165, 1.54) is 12.1 Å². The molecular weight excluding hydrogens is 536 g/mol. The van der Waals surface area contributed by atoms with E-state index in [9.17, 15) is 30.0 Å². The van der Waals surface area contributed by atoms with Crippen molar-refractivity contribution in [3.8, 4) is 5.75 Å². The number of phenols is 1. The molecule has 1 aliphatic carbocycles. The van der Waals surface area contributed by atoms with Crippen LogP contribution in [0.3, 0.4) is 0 Å². The number of nitrogens with one attached hydrogen (secondary N) is 2. The Kier molecular flexibility index (Phi) is 9.56. The third kappa shape index (κ3) is 8.09. The van der Waals surface area contributed by atoms with Crippen molar-refractivity contribution in [2.24, 2.45) is 5.92 Å². The van der Waals surface area contributed by atoms with Gasteiger partial charge in [0.25, 0.3) is 0 Å². The van der Waals surface area contributed by atoms with Gasteiger partial charge in [-0.15, -0.1) is 0 Å². The molecule has 0 fully saturated rings. The summed E-state index contributed by atoms with van der Waals surface area (Å²) in [6.45, 7) is 5.24. The van der Waals surface area contributed by atoms with Gasteiger partial charge >= 0.3 is 6.09 Å². The highest BCUT2D eigenvalue weighted by molar-refractivity contribution is 5.80. The maximum absolute atomic E-state index is 13.8. The van der Waals surface area contributed by atoms with E-state index in [2.05, 4.69) is 10.6 Å². The van der Waals surface area contributed by atoms with Crippen LogP contribution < -0.4 is 10.6 Å². The fourth-order valence-corrected chi connectivity index (χ4v) is 5.35. The molecule has 9 heteroatoms. The smallest absolute Gasteiger partial charge is 0.407 e. The van der Waals surface area contributed by atoms with Crippen molar-refractivity contribution < 1.29 is 34.8 Å². The summed E-state index contributed by atoms with van der Waals surface area (Å²) in [7, 11) is 0. The first kappa shape index (κ1) is 31.0. The van der Waals surface area contributed by atoms with Gasteiger partial charge in [0.1, 0.15) is 11.4 Å². The lowest BCUT2D eigenvalue weighted by Crippen LogP contribution is -2.50. The van der Waals surface area contributed by atoms with Crippen LogP contribution in [0.5, 0.6) is 5.75 Å². The van der Waals surface area contributed by atoms with E-state index in [0.29, 0.717) is 11.1 Å². The number of carbonyl (C=O) groups is 2. The van der Waals surface area contributed by atoms with Gasteiger partial charge in [-0.05, 0) is 68.9 Å². The largest absolute Gasteiger partial charge is 0.508 e. The molecule has 3 unspecified atom stereocenters. The maximum atomic E-state index is 13.8. The summed E-state index contributed by atoms with van der Waals surface area (Å²) in [6.07, 6.45) is -2.48. The number of hydrogen-bond acceptors (Lipinski definition) is 7. The number of fused-ring (bicyclic) bond motifs is 1. The molecule has 9 nitrogen and oxygen atoms in total. The lowest BCUT2D eigenvalue weighted by Gasteiger charge is -2.31. The van der Waals surface area contributed by atoms with Crippen LogP contribution in [-0.4, -0.2) is 50.2 Å². The van der Waals surface area contributed by atoms with Gasteiger partial charge in [0.2, 0.25) is 5.91 Å². The first-order chi connectivity index (χ1) is 19.8. The summed E-state index contributed by atoms with van der Waals surface area (Å²) in [5, 5.41) is 48.7. The summed E-state index contributed by atoms with van der Waals surface area (Å²) in [5.41, 5.74) is 0.0410. The van der Waals surface area contributed by atoms with Gasteiger partial charge in [0.05, 0.1) is 18.2 Å². The number of rotatable bonds is 10. The van der Waals surface area contributed by atoms with Crippen LogP contribution in [0, 0.1) is 5.92 Å². The highest BCUT2D eigenvalue weighted by Gasteiger charge is 2.44. The average Bonchev–Trinajstić information content (AvgIpc) is 3.18. The SMILES string of the molecule is CC(C)(C)OC(=O)NC(Cc1ccccc1)C(O)CC(Cc1ccc(O)cc1)C(=O)N[C@@]1(O)C[C@@H](O)c2ccccc21. The van der Waals surface area contributed by atoms with Crippen molar-refractivity contribution in [1.82, 2.24) is 10.6 Å². The molecule has 3 aromatic rings. The maximum Gasteiger partial charge on any atom is 0.407 e. The molecule has 42 heavy (non-hydrogen) atoms. The average molecular weight is 577 g/mol. The number of phenolic OH excluding ortho intramolecular Hbond substituents is 1. The molecule has 0 saturated heterocycles. The normalized spacial score (nSPS) is 20.2. The summed E-state index contributed by atoms with van der Waals surface area (Å²) in [6, 6.07) is 21.8. The van der Waals surface area contributed by atoms with Crippen molar-refractivity contribution in [3.63, 3.8) is 0 Å². The Labute approximate surface area is 246 Å². The number of aliphatic hydroxyl groups is 3. The highest BCUT2D eigenvalue weighted by atomic mass is 16.6. The lowest BCUT2D eigenvalue weighted by atomic mass is 9.88. The standard InChI is InChI=1S/C33H40N2O7/c1-32(2,3)42-31(40)34-27(18-21-9-5-4-6-10-21)28(37)19-23(17-22-13-15-24(36)16-14-22)30(39)35-33(41)20-29(38)25-11-7-8-12-26(25)33/h4-16,23,27-29,36-38,41H,17-20H2,1-3H3,(H,34,40)(H,35,39)/t23?,27?,28?,29-,33-/m1/s1. The van der Waals surface area contributed by atoms with E-state index in [4.69, 9.17) is 4.74 Å². The Balaban J connectivity index is 1.58. The number of hydrogen-bond donors (Lipinski definition) is 6. The van der Waals surface area contributed by atoms with Crippen molar-refractivity contribution in [3.05, 3.63) is 101 Å². The molecule has 0 bridgehead atoms. The van der Waals surface area contributed by atoms with Crippen LogP contribution in [0.4, 0.5) is 4.79 Å². The van der Waals surface area contributed by atoms with Gasteiger partial charge in [-0.1, -0.05) is 66.7 Å². The molecule has 0 saturated carbocycles. The minimum atomic E-state index is -1.79. The van der Waals surface area contributed by atoms with Crippen LogP contribution in [0.15, 0.2) is 78.9 Å². The summed E-state index contributed by atoms with van der Waals surface area (Å²) >= 11 is 0. The molecule has 224 valence electrons. The second-order valence-corrected chi connectivity index (χ2v) is 12.0. The van der Waals surface area contributed by atoms with Crippen LogP contribution in [-0.2, 0) is 28.1 Å². The number of aliphatic hydroxyl groups excluding tert-OH is 2. The monoisotopic (exact) mass is 576 g/mol. The molecule has 2 amide bonds. The number of benzene rings is 3. The zero-order chi connectivity index (χ0) is 30.5. The van der Waals surface area contributed by atoms with Crippen LogP contribution in [0.1, 0.15) is 62.0 Å². The van der Waals surface area contributed by atoms with Gasteiger partial charge in [-0.25, -0.2) is 4.79 Å². The van der Waals surface area contributed by atoms with Gasteiger partial charge in [0, 0.05) is 17.9 Å². The number of amides is 2. The predicted octanol–water partition coefficient (Wildman–Crippen LogP) is 3.84. The Bertz CT molecular complexity index is 1360. The molecular formula is C33H40N2O7. The first-order valence-electron chi connectivity index (χ1n) is 14.1. The second kappa shape index (κ2) is 12.9. The number of carbonyl (C=O) groups excluding carboxylic acids is 2. The van der Waals surface area contributed by atoms with Crippen molar-refractivity contribution in [2.45, 2.75) is 76.0 Å². The molecule has 5 atom stereocenters. The van der Waals surface area contributed by atoms with Gasteiger partial charge in [-0.2, -0.15) is 0 Å². The summed E-state index contributed by atoms with van der Waals surface area (Å²) in [5.74, 6) is -1.28. The molecule has 0 radical (unpaired) electrons. The van der Waals surface area contributed by atoms with E-state index < -0.39 is 47.5 Å². The van der Waals surface area contributed by atoms with Gasteiger partial charge < -0.3 is 35.8 Å². The van der Waals surface area contributed by atoms with Crippen LogP contribution in [0.25, 0.3) is 0 Å². The molecule has 3 aromatic carbocycles. The molecule has 0 heterocycles. The van der Waals surface area contributed by atoms with Gasteiger partial charge in [-0.3, -0.25) is 4.79 Å². The van der Waals surface area contributed by atoms with Crippen LogP contribution in [0.2, 0.25) is 0 Å². The molecule has 0 spiro atoms. The molecule has 4 rings (SSSR count). The number of alkyl carbamates (subject to hydrolysis) is 1. The molecule has 0 aliphatic heterocycles. The van der Waals surface area contributed by atoms with Gasteiger partial charge in [0.15, 0.2) is 5.72 Å². The number of ether oxygens (including phenoxy) is 1. The molecule has 0 aromatic heterocycles. The number of aromatic hydroxyl groups is 1. The van der Waals surface area contributed by atoms with Crippen molar-refractivity contribution in [1.29, 1.82) is 0 Å². The van der Waals surface area contributed by atoms with E-state index in [-0.39, 0.29) is 31.4 Å². The molecule has 1 aliphatic rings. The van der Waals surface area contributed by atoms with E-state index in [0.717, 1.165) is 11.1 Å². The fourth-order valence-electron chi connectivity index (χ4n) is 5.35. The van der Waals surface area contributed by atoms with E-state index in [1.807, 2.05) is 30.3 Å². The Morgan fingerprint density at radius 3 is 2.24 bits per heavy atom. The minimum absolute atomic E-state index is 0.0553. The van der Waals surface area contributed by atoms with Crippen LogP contribution >= 0.6 is 0 Å². The quantitative estimate of drug-likeness (QED) is 0.201. The minimum Gasteiger partial charge on any atom is -0.508 e. The Hall–Kier alpha value is -3.92. The zero-order valence-corrected chi connectivity index (χ0v) is 24.2. The highest BCUT2D eigenvalue weighted by Crippen LogP contribution is 2.41. The molecule has 6 N–H and O–H groups in total. The van der Waals surface area contributed by atoms with Crippen molar-refractivity contribution in [2.75, 3.05) is 0 Å². The van der Waals surface area contributed by atoms with Crippen molar-refractivity contribution >= 4 is 12.0 Å². The lowest BCUT2D eigenvalue weighted by molar-refractivity contribution is -0.135. The van der Waals surface area contributed by atoms with E-state index in [1.54, 1.807) is 57.2 Å². The fraction of sp³-hybridized carbons (Fsp3) is 0.394. The zero-order valence-electron chi connectivity index (χ0n) is 24.2. The third-order valence-electron chi connectivity index (χ3n) is 7.36. The topological polar surface area (TPSA) is 148 Å². The first-order valence-corrected chi connectivity index (χ1v) is 14.1. The Morgan fingerprint density at radius 2 is 1.57 bits per heavy atom. The third-order valence-corrected chi connectivity index (χ3v) is 7.36. The van der Waals surface area contributed by atoms with E-state index >= 15 is 0 Å². The predicted molar refractivity (Wildman–Crippen MR) is 157 cm³/mol. The summed E-state index contributed by atoms with van der Waals surface area (Å²) in [4.78, 5) is 26.5.